The Bertz CT molecular complexity index is 688. The number of hydrogen-bond donors (Lipinski definition) is 2. The van der Waals surface area contributed by atoms with Crippen molar-refractivity contribution >= 4 is 10.0 Å². The maximum atomic E-state index is 13.7. The molecule has 0 radical (unpaired) electrons. The van der Waals surface area contributed by atoms with E-state index in [1.54, 1.807) is 10.9 Å². The minimum atomic E-state index is -3.89. The molecule has 9 heteroatoms. The summed E-state index contributed by atoms with van der Waals surface area (Å²) in [6, 6.07) is 3.81. The summed E-state index contributed by atoms with van der Waals surface area (Å²) in [5, 5.41) is 7.40. The number of hydrogen-bond acceptors (Lipinski definition) is 5. The molecule has 2 aromatic rings. The normalized spacial score (nSPS) is 11.7. The van der Waals surface area contributed by atoms with E-state index in [9.17, 15) is 12.8 Å². The Labute approximate surface area is 122 Å². The van der Waals surface area contributed by atoms with Crippen LogP contribution in [-0.2, 0) is 23.1 Å². The third-order valence-corrected chi connectivity index (χ3v) is 4.32. The van der Waals surface area contributed by atoms with Crippen LogP contribution in [0.25, 0.3) is 0 Å². The van der Waals surface area contributed by atoms with E-state index in [0.717, 1.165) is 6.07 Å². The fourth-order valence-electron chi connectivity index (χ4n) is 1.76. The van der Waals surface area contributed by atoms with Crippen molar-refractivity contribution in [2.75, 3.05) is 6.54 Å². The fraction of sp³-hybridized carbons (Fsp3) is 0.333. The van der Waals surface area contributed by atoms with Gasteiger partial charge in [0.1, 0.15) is 10.7 Å². The maximum absolute atomic E-state index is 13.7. The molecule has 0 atom stereocenters. The van der Waals surface area contributed by atoms with Gasteiger partial charge >= 0.3 is 0 Å². The number of rotatable bonds is 7. The SMILES string of the molecule is NCc1ccc(F)c(S(=O)(=O)NCCCn2ccnn2)c1. The quantitative estimate of drug-likeness (QED) is 0.713. The van der Waals surface area contributed by atoms with Crippen LogP contribution in [0.3, 0.4) is 0 Å². The van der Waals surface area contributed by atoms with E-state index in [1.807, 2.05) is 0 Å². The van der Waals surface area contributed by atoms with Crippen LogP contribution in [-0.4, -0.2) is 30.0 Å². The van der Waals surface area contributed by atoms with Gasteiger partial charge in [0, 0.05) is 25.8 Å². The van der Waals surface area contributed by atoms with E-state index in [0.29, 0.717) is 18.5 Å². The van der Waals surface area contributed by atoms with Gasteiger partial charge in [0.05, 0.1) is 6.20 Å². The molecule has 114 valence electrons. The molecule has 0 aliphatic heterocycles. The van der Waals surface area contributed by atoms with Crippen LogP contribution in [0.15, 0.2) is 35.5 Å². The van der Waals surface area contributed by atoms with Crippen molar-refractivity contribution in [3.63, 3.8) is 0 Å². The van der Waals surface area contributed by atoms with E-state index in [1.165, 1.54) is 18.3 Å². The van der Waals surface area contributed by atoms with Crippen molar-refractivity contribution in [1.29, 1.82) is 0 Å². The second-order valence-electron chi connectivity index (χ2n) is 4.39. The van der Waals surface area contributed by atoms with Crippen molar-refractivity contribution in [1.82, 2.24) is 19.7 Å². The number of nitrogens with two attached hydrogens (primary N) is 1. The second kappa shape index (κ2) is 6.74. The predicted molar refractivity (Wildman–Crippen MR) is 74.1 cm³/mol. The first-order valence-electron chi connectivity index (χ1n) is 6.35. The highest BCUT2D eigenvalue weighted by Crippen LogP contribution is 2.16. The van der Waals surface area contributed by atoms with Crippen LogP contribution in [0.2, 0.25) is 0 Å². The van der Waals surface area contributed by atoms with Crippen molar-refractivity contribution in [3.05, 3.63) is 42.0 Å². The van der Waals surface area contributed by atoms with Crippen molar-refractivity contribution in [2.45, 2.75) is 24.4 Å². The zero-order chi connectivity index (χ0) is 15.3. The number of nitrogens with one attached hydrogen (secondary N) is 1. The molecule has 2 rings (SSSR count). The van der Waals surface area contributed by atoms with Gasteiger partial charge in [-0.05, 0) is 24.1 Å². The molecular weight excluding hydrogens is 297 g/mol. The fourth-order valence-corrected chi connectivity index (χ4v) is 2.96. The summed E-state index contributed by atoms with van der Waals surface area (Å²) in [6.45, 7) is 0.845. The monoisotopic (exact) mass is 313 g/mol. The lowest BCUT2D eigenvalue weighted by Crippen LogP contribution is -2.26. The third-order valence-electron chi connectivity index (χ3n) is 2.85. The number of aromatic nitrogens is 3. The molecule has 1 aromatic carbocycles. The van der Waals surface area contributed by atoms with E-state index < -0.39 is 15.8 Å². The molecule has 0 amide bonds. The van der Waals surface area contributed by atoms with E-state index in [2.05, 4.69) is 15.0 Å². The van der Waals surface area contributed by atoms with Gasteiger partial charge in [-0.1, -0.05) is 11.3 Å². The average Bonchev–Trinajstić information content (AvgIpc) is 2.97. The Hall–Kier alpha value is -1.84. The van der Waals surface area contributed by atoms with Gasteiger partial charge in [0.2, 0.25) is 10.0 Å². The van der Waals surface area contributed by atoms with E-state index in [-0.39, 0.29) is 18.0 Å². The summed E-state index contributed by atoms with van der Waals surface area (Å²) < 4.78 is 41.7. The summed E-state index contributed by atoms with van der Waals surface area (Å²) in [5.41, 5.74) is 5.99. The van der Waals surface area contributed by atoms with Crippen LogP contribution >= 0.6 is 0 Å². The van der Waals surface area contributed by atoms with Gasteiger partial charge < -0.3 is 5.73 Å². The minimum absolute atomic E-state index is 0.148. The zero-order valence-electron chi connectivity index (χ0n) is 11.2. The Morgan fingerprint density at radius 3 is 2.86 bits per heavy atom. The average molecular weight is 313 g/mol. The molecule has 1 heterocycles. The molecule has 0 saturated heterocycles. The molecule has 3 N–H and O–H groups in total. The predicted octanol–water partition coefficient (Wildman–Crippen LogP) is 0.244. The Morgan fingerprint density at radius 2 is 2.19 bits per heavy atom. The summed E-state index contributed by atoms with van der Waals surface area (Å²) in [5.74, 6) is -0.795. The first-order chi connectivity index (χ1) is 10.0. The Balaban J connectivity index is 1.98. The van der Waals surface area contributed by atoms with E-state index in [4.69, 9.17) is 5.73 Å². The first kappa shape index (κ1) is 15.5. The second-order valence-corrected chi connectivity index (χ2v) is 6.12. The van der Waals surface area contributed by atoms with Crippen LogP contribution in [0, 0.1) is 5.82 Å². The summed E-state index contributed by atoms with van der Waals surface area (Å²) in [4.78, 5) is -0.383. The topological polar surface area (TPSA) is 103 Å². The molecular formula is C12H16FN5O2S. The van der Waals surface area contributed by atoms with Crippen molar-refractivity contribution < 1.29 is 12.8 Å². The van der Waals surface area contributed by atoms with Gasteiger partial charge in [-0.2, -0.15) is 0 Å². The highest BCUT2D eigenvalue weighted by atomic mass is 32.2. The number of benzene rings is 1. The van der Waals surface area contributed by atoms with Crippen molar-refractivity contribution in [2.24, 2.45) is 5.73 Å². The number of halogens is 1. The molecule has 21 heavy (non-hydrogen) atoms. The molecule has 0 fully saturated rings. The van der Waals surface area contributed by atoms with Gasteiger partial charge in [-0.3, -0.25) is 4.68 Å². The number of sulfonamides is 1. The molecule has 0 saturated carbocycles. The Kier molecular flexibility index (Phi) is 4.99. The van der Waals surface area contributed by atoms with Crippen LogP contribution in [0.1, 0.15) is 12.0 Å². The largest absolute Gasteiger partial charge is 0.326 e. The number of aryl methyl sites for hydroxylation is 1. The molecule has 0 aliphatic rings. The molecule has 7 nitrogen and oxygen atoms in total. The molecule has 0 aliphatic carbocycles. The summed E-state index contributed by atoms with van der Waals surface area (Å²) in [7, 11) is -3.89. The first-order valence-corrected chi connectivity index (χ1v) is 7.83. The summed E-state index contributed by atoms with van der Waals surface area (Å²) >= 11 is 0. The highest BCUT2D eigenvalue weighted by molar-refractivity contribution is 7.89. The standard InChI is InChI=1S/C12H16FN5O2S/c13-11-3-2-10(9-14)8-12(11)21(19,20)16-4-1-6-18-7-5-15-17-18/h2-3,5,7-8,16H,1,4,6,9,14H2. The molecule has 0 bridgehead atoms. The lowest BCUT2D eigenvalue weighted by atomic mass is 10.2. The van der Waals surface area contributed by atoms with Gasteiger partial charge in [0.15, 0.2) is 0 Å². The summed E-state index contributed by atoms with van der Waals surface area (Å²) in [6.07, 6.45) is 3.73. The molecule has 0 unspecified atom stereocenters. The zero-order valence-corrected chi connectivity index (χ0v) is 12.1. The Morgan fingerprint density at radius 1 is 1.38 bits per heavy atom. The van der Waals surface area contributed by atoms with Crippen LogP contribution in [0.5, 0.6) is 0 Å². The maximum Gasteiger partial charge on any atom is 0.243 e. The van der Waals surface area contributed by atoms with Crippen LogP contribution < -0.4 is 10.5 Å². The molecule has 0 spiro atoms. The van der Waals surface area contributed by atoms with Gasteiger partial charge in [-0.15, -0.1) is 5.10 Å². The lowest BCUT2D eigenvalue weighted by molar-refractivity contribution is 0.535. The van der Waals surface area contributed by atoms with Crippen molar-refractivity contribution in [3.8, 4) is 0 Å². The van der Waals surface area contributed by atoms with Gasteiger partial charge in [0.25, 0.3) is 0 Å². The van der Waals surface area contributed by atoms with E-state index >= 15 is 0 Å². The molecule has 1 aromatic heterocycles. The van der Waals surface area contributed by atoms with Crippen LogP contribution in [0.4, 0.5) is 4.39 Å². The smallest absolute Gasteiger partial charge is 0.243 e. The van der Waals surface area contributed by atoms with Gasteiger partial charge in [-0.25, -0.2) is 17.5 Å². The lowest BCUT2D eigenvalue weighted by Gasteiger charge is -2.09. The highest BCUT2D eigenvalue weighted by Gasteiger charge is 2.18. The number of nitrogens with zero attached hydrogens (tertiary/aromatic N) is 3. The minimum Gasteiger partial charge on any atom is -0.326 e. The third kappa shape index (κ3) is 4.06.